The van der Waals surface area contributed by atoms with E-state index in [0.29, 0.717) is 36.5 Å². The summed E-state index contributed by atoms with van der Waals surface area (Å²) in [7, 11) is -3.78. The van der Waals surface area contributed by atoms with Crippen LogP contribution in [0.2, 0.25) is 0 Å². The van der Waals surface area contributed by atoms with Crippen LogP contribution in [0.4, 0.5) is 5.69 Å². The van der Waals surface area contributed by atoms with Crippen molar-refractivity contribution in [2.24, 2.45) is 5.92 Å². The van der Waals surface area contributed by atoms with Crippen LogP contribution in [0.15, 0.2) is 78.4 Å². The second-order valence-electron chi connectivity index (χ2n) is 11.6. The zero-order chi connectivity index (χ0) is 32.4. The summed E-state index contributed by atoms with van der Waals surface area (Å²) >= 11 is 0. The Morgan fingerprint density at radius 2 is 1.89 bits per heavy atom. The zero-order valence-corrected chi connectivity index (χ0v) is 27.1. The Hall–Kier alpha value is -4.81. The smallest absolute Gasteiger partial charge is 0.249 e. The first-order chi connectivity index (χ1) is 22.2. The third kappa shape index (κ3) is 6.05. The number of sulfonamides is 1. The number of amides is 1. The number of aryl methyl sites for hydroxylation is 3. The molecule has 1 atom stereocenters. The highest BCUT2D eigenvalue weighted by molar-refractivity contribution is 7.89. The molecule has 3 aromatic heterocycles. The van der Waals surface area contributed by atoms with Crippen molar-refractivity contribution in [3.8, 4) is 0 Å². The summed E-state index contributed by atoms with van der Waals surface area (Å²) in [5.41, 5.74) is 7.68. The predicted molar refractivity (Wildman–Crippen MR) is 176 cm³/mol. The fourth-order valence-electron chi connectivity index (χ4n) is 5.98. The monoisotopic (exact) mass is 636 g/mol. The Morgan fingerprint density at radius 1 is 1.09 bits per heavy atom. The zero-order valence-electron chi connectivity index (χ0n) is 26.3. The molecule has 0 spiro atoms. The number of hydrogen-bond donors (Lipinski definition) is 1. The van der Waals surface area contributed by atoms with Crippen molar-refractivity contribution in [1.29, 1.82) is 0 Å². The van der Waals surface area contributed by atoms with Gasteiger partial charge in [0.15, 0.2) is 0 Å². The molecule has 5 aromatic rings. The van der Waals surface area contributed by atoms with Gasteiger partial charge < -0.3 is 5.32 Å². The minimum atomic E-state index is -3.78. The van der Waals surface area contributed by atoms with E-state index in [1.165, 1.54) is 18.7 Å². The molecule has 0 aliphatic carbocycles. The normalized spacial score (nSPS) is 16.6. The van der Waals surface area contributed by atoms with Gasteiger partial charge in [-0.25, -0.2) is 23.1 Å². The maximum atomic E-state index is 14.0. The van der Waals surface area contributed by atoms with Crippen LogP contribution in [0, 0.1) is 19.8 Å². The summed E-state index contributed by atoms with van der Waals surface area (Å²) in [5, 5.41) is 11.6. The molecule has 1 aliphatic heterocycles. The number of carbonyl (C=O) groups excluding carboxylic acids is 1. The summed E-state index contributed by atoms with van der Waals surface area (Å²) in [6.07, 6.45) is 9.11. The van der Waals surface area contributed by atoms with E-state index in [1.807, 2.05) is 55.8 Å². The van der Waals surface area contributed by atoms with Crippen LogP contribution in [-0.4, -0.2) is 55.1 Å². The topological polar surface area (TPSA) is 136 Å². The number of nitrogens with one attached hydrogen (secondary N) is 1. The largest absolute Gasteiger partial charge is 0.320 e. The van der Waals surface area contributed by atoms with Crippen LogP contribution < -0.4 is 5.32 Å². The minimum absolute atomic E-state index is 0.140. The van der Waals surface area contributed by atoms with Crippen LogP contribution in [0.1, 0.15) is 53.8 Å². The summed E-state index contributed by atoms with van der Waals surface area (Å²) in [6.45, 7) is 9.30. The lowest BCUT2D eigenvalue weighted by Gasteiger charge is -2.24. The Bertz CT molecular complexity index is 2060. The first-order valence-electron chi connectivity index (χ1n) is 15.3. The summed E-state index contributed by atoms with van der Waals surface area (Å²) in [5.74, 6) is -0.213. The molecule has 0 fully saturated rings. The third-order valence-electron chi connectivity index (χ3n) is 8.63. The number of rotatable bonds is 8. The van der Waals surface area contributed by atoms with Crippen LogP contribution >= 0.6 is 0 Å². The van der Waals surface area contributed by atoms with Crippen molar-refractivity contribution in [1.82, 2.24) is 34.3 Å². The average molecular weight is 637 g/mol. The number of anilines is 1. The highest BCUT2D eigenvalue weighted by Gasteiger charge is 2.34. The molecule has 1 amide bonds. The third-order valence-corrected chi connectivity index (χ3v) is 10.5. The van der Waals surface area contributed by atoms with Gasteiger partial charge >= 0.3 is 0 Å². The van der Waals surface area contributed by atoms with E-state index < -0.39 is 10.0 Å². The molecule has 12 heteroatoms. The molecule has 6 rings (SSSR count). The van der Waals surface area contributed by atoms with E-state index in [0.717, 1.165) is 45.3 Å². The van der Waals surface area contributed by atoms with Crippen molar-refractivity contribution in [2.45, 2.75) is 58.5 Å². The average Bonchev–Trinajstić information content (AvgIpc) is 3.45. The van der Waals surface area contributed by atoms with Crippen LogP contribution in [0.3, 0.4) is 0 Å². The minimum Gasteiger partial charge on any atom is -0.320 e. The highest BCUT2D eigenvalue weighted by atomic mass is 32.2. The first kappa shape index (κ1) is 31.2. The first-order valence-corrected chi connectivity index (χ1v) is 16.8. The van der Waals surface area contributed by atoms with Crippen LogP contribution in [-0.2, 0) is 34.3 Å². The number of nitrogens with zero attached hydrogens (tertiary/aromatic N) is 7. The number of pyridine rings is 1. The van der Waals surface area contributed by atoms with Gasteiger partial charge in [-0.3, -0.25) is 9.78 Å². The number of fused-ring (bicyclic) bond motifs is 2. The molecule has 0 radical (unpaired) electrons. The molecule has 4 heterocycles. The number of hydrogen-bond acceptors (Lipinski definition) is 8. The highest BCUT2D eigenvalue weighted by Crippen LogP contribution is 2.33. The Morgan fingerprint density at radius 3 is 2.65 bits per heavy atom. The van der Waals surface area contributed by atoms with E-state index in [2.05, 4.69) is 37.5 Å². The van der Waals surface area contributed by atoms with Crippen molar-refractivity contribution >= 4 is 38.2 Å². The molecule has 0 saturated heterocycles. The van der Waals surface area contributed by atoms with Gasteiger partial charge in [0.25, 0.3) is 0 Å². The van der Waals surface area contributed by atoms with Gasteiger partial charge in [-0.1, -0.05) is 36.8 Å². The lowest BCUT2D eigenvalue weighted by molar-refractivity contribution is -0.111. The van der Waals surface area contributed by atoms with Crippen molar-refractivity contribution < 1.29 is 13.2 Å². The van der Waals surface area contributed by atoms with Crippen molar-refractivity contribution in [2.75, 3.05) is 11.9 Å². The fraction of sp³-hybridized carbons (Fsp3) is 0.294. The maximum Gasteiger partial charge on any atom is 0.249 e. The Balaban J connectivity index is 1.44. The van der Waals surface area contributed by atoms with Crippen LogP contribution in [0.5, 0.6) is 0 Å². The van der Waals surface area contributed by atoms with Gasteiger partial charge in [0.2, 0.25) is 15.9 Å². The lowest BCUT2D eigenvalue weighted by Crippen LogP contribution is -2.33. The quantitative estimate of drug-likeness (QED) is 0.233. The Kier molecular flexibility index (Phi) is 8.74. The van der Waals surface area contributed by atoms with Crippen molar-refractivity contribution in [3.05, 3.63) is 107 Å². The molecule has 1 aliphatic rings. The van der Waals surface area contributed by atoms with E-state index in [9.17, 15) is 13.2 Å². The second kappa shape index (κ2) is 12.9. The standard InChI is InChI=1S/C34H36N8O3S/c1-5-24-14-30-32(8-7-13-37-30)46(44,45)41(19-24)20-26-15-25(10-9-22(26)3)29(16-33(43)38-27-17-35-21-36-18-27)28-11-12-31-34(23(28)4)39-40-42(31)6-2/h7-13,15-18,21,24H,5-6,14,19-20H2,1-4H3,(H,38,43)/t24-/m0/s1. The molecular formula is C34H36N8O3S. The number of aromatic nitrogens is 6. The van der Waals surface area contributed by atoms with Gasteiger partial charge in [-0.05, 0) is 90.8 Å². The summed E-state index contributed by atoms with van der Waals surface area (Å²) in [4.78, 5) is 26.1. The SMILES string of the molecule is CC[C@H]1Cc2ncccc2S(=O)(=O)N(Cc2cc(C(=CC(=O)Nc3cncnc3)c3ccc4c(nnn4CC)c3C)ccc2C)C1. The molecule has 0 unspecified atom stereocenters. The molecule has 2 aromatic carbocycles. The Labute approximate surface area is 268 Å². The second-order valence-corrected chi connectivity index (χ2v) is 13.5. The molecule has 0 bridgehead atoms. The summed E-state index contributed by atoms with van der Waals surface area (Å²) in [6, 6.07) is 13.2. The molecular weight excluding hydrogens is 600 g/mol. The number of carbonyl (C=O) groups is 1. The van der Waals surface area contributed by atoms with Crippen molar-refractivity contribution in [3.63, 3.8) is 0 Å². The van der Waals surface area contributed by atoms with Gasteiger partial charge in [0, 0.05) is 31.9 Å². The molecule has 1 N–H and O–H groups in total. The lowest BCUT2D eigenvalue weighted by atomic mass is 9.91. The van der Waals surface area contributed by atoms with E-state index >= 15 is 0 Å². The van der Waals surface area contributed by atoms with Gasteiger partial charge in [-0.15, -0.1) is 5.10 Å². The van der Waals surface area contributed by atoms with E-state index in [1.54, 1.807) is 28.7 Å². The van der Waals surface area contributed by atoms with Crippen LogP contribution in [0.25, 0.3) is 16.6 Å². The van der Waals surface area contributed by atoms with Gasteiger partial charge in [0.1, 0.15) is 16.7 Å². The molecule has 11 nitrogen and oxygen atoms in total. The van der Waals surface area contributed by atoms with Gasteiger partial charge in [-0.2, -0.15) is 4.31 Å². The van der Waals surface area contributed by atoms with E-state index in [-0.39, 0.29) is 23.3 Å². The predicted octanol–water partition coefficient (Wildman–Crippen LogP) is 5.10. The maximum absolute atomic E-state index is 14.0. The van der Waals surface area contributed by atoms with Gasteiger partial charge in [0.05, 0.1) is 29.3 Å². The molecule has 46 heavy (non-hydrogen) atoms. The fourth-order valence-corrected chi connectivity index (χ4v) is 7.66. The molecule has 236 valence electrons. The molecule has 0 saturated carbocycles. The number of benzene rings is 2. The summed E-state index contributed by atoms with van der Waals surface area (Å²) < 4.78 is 31.3. The van der Waals surface area contributed by atoms with E-state index in [4.69, 9.17) is 0 Å².